The zero-order valence-corrected chi connectivity index (χ0v) is 9.60. The molecule has 0 saturated heterocycles. The molecule has 84 valence electrons. The summed E-state index contributed by atoms with van der Waals surface area (Å²) in [5.41, 5.74) is 0. The molecule has 0 aliphatic carbocycles. The van der Waals surface area contributed by atoms with Gasteiger partial charge in [0.25, 0.3) is 0 Å². The van der Waals surface area contributed by atoms with Crippen LogP contribution in [0.5, 0.6) is 0 Å². The van der Waals surface area contributed by atoms with Gasteiger partial charge in [-0.2, -0.15) is 0 Å². The monoisotopic (exact) mass is 201 g/mol. The number of carbonyl (C=O) groups is 1. The van der Waals surface area contributed by atoms with E-state index in [0.29, 0.717) is 6.54 Å². The zero-order valence-electron chi connectivity index (χ0n) is 9.60. The Morgan fingerprint density at radius 2 is 1.86 bits per heavy atom. The molecule has 0 bridgehead atoms. The number of hydrogen-bond acceptors (Lipinski definition) is 3. The van der Waals surface area contributed by atoms with Gasteiger partial charge in [-0.05, 0) is 19.6 Å². The van der Waals surface area contributed by atoms with Crippen LogP contribution in [-0.2, 0) is 4.79 Å². The summed E-state index contributed by atoms with van der Waals surface area (Å²) < 4.78 is 0. The van der Waals surface area contributed by atoms with Crippen molar-refractivity contribution in [1.29, 1.82) is 0 Å². The molecule has 4 nitrogen and oxygen atoms in total. The second-order valence-corrected chi connectivity index (χ2v) is 3.16. The highest BCUT2D eigenvalue weighted by Crippen LogP contribution is 1.83. The lowest BCUT2D eigenvalue weighted by Crippen LogP contribution is -2.38. The number of likely N-dealkylation sites (N-methyl/N-ethyl adjacent to an activating group) is 2. The third-order valence-electron chi connectivity index (χ3n) is 2.18. The SMILES string of the molecule is CCNCC(=O)NCCN(CC)CC. The van der Waals surface area contributed by atoms with Crippen LogP contribution < -0.4 is 10.6 Å². The second kappa shape index (κ2) is 8.97. The van der Waals surface area contributed by atoms with Crippen molar-refractivity contribution in [1.82, 2.24) is 15.5 Å². The van der Waals surface area contributed by atoms with Crippen molar-refractivity contribution in [3.8, 4) is 0 Å². The van der Waals surface area contributed by atoms with Crippen molar-refractivity contribution in [2.24, 2.45) is 0 Å². The highest BCUT2D eigenvalue weighted by atomic mass is 16.1. The van der Waals surface area contributed by atoms with Crippen molar-refractivity contribution in [2.45, 2.75) is 20.8 Å². The summed E-state index contributed by atoms with van der Waals surface area (Å²) in [6.07, 6.45) is 0. The first kappa shape index (κ1) is 13.4. The molecule has 0 rings (SSSR count). The Bertz CT molecular complexity index is 146. The Kier molecular flexibility index (Phi) is 8.57. The molecule has 0 aliphatic rings. The maximum Gasteiger partial charge on any atom is 0.234 e. The van der Waals surface area contributed by atoms with Crippen molar-refractivity contribution < 1.29 is 4.79 Å². The largest absolute Gasteiger partial charge is 0.354 e. The minimum Gasteiger partial charge on any atom is -0.354 e. The van der Waals surface area contributed by atoms with E-state index in [9.17, 15) is 4.79 Å². The summed E-state index contributed by atoms with van der Waals surface area (Å²) in [4.78, 5) is 13.5. The number of hydrogen-bond donors (Lipinski definition) is 2. The molecule has 0 saturated carbocycles. The molecular weight excluding hydrogens is 178 g/mol. The lowest BCUT2D eigenvalue weighted by molar-refractivity contribution is -0.120. The van der Waals surface area contributed by atoms with Crippen LogP contribution in [0.15, 0.2) is 0 Å². The van der Waals surface area contributed by atoms with E-state index < -0.39 is 0 Å². The summed E-state index contributed by atoms with van der Waals surface area (Å²) in [7, 11) is 0. The average Bonchev–Trinajstić information content (AvgIpc) is 2.21. The zero-order chi connectivity index (χ0) is 10.8. The molecule has 0 spiro atoms. The van der Waals surface area contributed by atoms with Crippen molar-refractivity contribution in [3.63, 3.8) is 0 Å². The smallest absolute Gasteiger partial charge is 0.234 e. The van der Waals surface area contributed by atoms with Gasteiger partial charge in [0, 0.05) is 13.1 Å². The molecule has 14 heavy (non-hydrogen) atoms. The van der Waals surface area contributed by atoms with Gasteiger partial charge < -0.3 is 15.5 Å². The van der Waals surface area contributed by atoms with Crippen LogP contribution in [0.4, 0.5) is 0 Å². The normalized spacial score (nSPS) is 10.6. The first-order valence-electron chi connectivity index (χ1n) is 5.44. The average molecular weight is 201 g/mol. The number of nitrogens with one attached hydrogen (secondary N) is 2. The van der Waals surface area contributed by atoms with E-state index in [-0.39, 0.29) is 5.91 Å². The van der Waals surface area contributed by atoms with E-state index in [0.717, 1.165) is 32.7 Å². The van der Waals surface area contributed by atoms with Crippen LogP contribution in [-0.4, -0.2) is 50.1 Å². The Labute approximate surface area is 87.0 Å². The molecule has 1 amide bonds. The molecule has 0 aromatic heterocycles. The lowest BCUT2D eigenvalue weighted by Gasteiger charge is -2.17. The van der Waals surface area contributed by atoms with Crippen LogP contribution >= 0.6 is 0 Å². The van der Waals surface area contributed by atoms with Crippen LogP contribution in [0.3, 0.4) is 0 Å². The third-order valence-corrected chi connectivity index (χ3v) is 2.18. The van der Waals surface area contributed by atoms with Crippen LogP contribution in [0, 0.1) is 0 Å². The maximum absolute atomic E-state index is 11.2. The Morgan fingerprint density at radius 3 is 2.36 bits per heavy atom. The van der Waals surface area contributed by atoms with E-state index in [1.54, 1.807) is 0 Å². The summed E-state index contributed by atoms with van der Waals surface area (Å²) in [6, 6.07) is 0. The number of amides is 1. The van der Waals surface area contributed by atoms with E-state index in [1.165, 1.54) is 0 Å². The second-order valence-electron chi connectivity index (χ2n) is 3.16. The Morgan fingerprint density at radius 1 is 1.21 bits per heavy atom. The van der Waals surface area contributed by atoms with Gasteiger partial charge in [-0.3, -0.25) is 4.79 Å². The molecule has 0 atom stereocenters. The van der Waals surface area contributed by atoms with Gasteiger partial charge in [-0.25, -0.2) is 0 Å². The van der Waals surface area contributed by atoms with E-state index >= 15 is 0 Å². The minimum absolute atomic E-state index is 0.0824. The number of nitrogens with zero attached hydrogens (tertiary/aromatic N) is 1. The Hall–Kier alpha value is -0.610. The van der Waals surface area contributed by atoms with Crippen LogP contribution in [0.2, 0.25) is 0 Å². The summed E-state index contributed by atoms with van der Waals surface area (Å²) in [5.74, 6) is 0.0824. The fourth-order valence-electron chi connectivity index (χ4n) is 1.19. The molecule has 0 unspecified atom stereocenters. The van der Waals surface area contributed by atoms with Crippen molar-refractivity contribution in [3.05, 3.63) is 0 Å². The van der Waals surface area contributed by atoms with Crippen LogP contribution in [0.1, 0.15) is 20.8 Å². The molecule has 0 aromatic carbocycles. The van der Waals surface area contributed by atoms with E-state index in [1.807, 2.05) is 6.92 Å². The van der Waals surface area contributed by atoms with Gasteiger partial charge in [-0.1, -0.05) is 20.8 Å². The molecular formula is C10H23N3O. The van der Waals surface area contributed by atoms with E-state index in [2.05, 4.69) is 29.4 Å². The molecule has 0 radical (unpaired) electrons. The molecule has 0 aliphatic heterocycles. The fourth-order valence-corrected chi connectivity index (χ4v) is 1.19. The van der Waals surface area contributed by atoms with Crippen molar-refractivity contribution >= 4 is 5.91 Å². The highest BCUT2D eigenvalue weighted by molar-refractivity contribution is 5.77. The van der Waals surface area contributed by atoms with Gasteiger partial charge in [0.15, 0.2) is 0 Å². The van der Waals surface area contributed by atoms with Gasteiger partial charge in [-0.15, -0.1) is 0 Å². The molecule has 0 heterocycles. The molecule has 0 fully saturated rings. The number of carbonyl (C=O) groups excluding carboxylic acids is 1. The fraction of sp³-hybridized carbons (Fsp3) is 0.900. The molecule has 4 heteroatoms. The predicted octanol–water partition coefficient (Wildman–Crippen LogP) is 0.0539. The van der Waals surface area contributed by atoms with E-state index in [4.69, 9.17) is 0 Å². The minimum atomic E-state index is 0.0824. The van der Waals surface area contributed by atoms with Crippen molar-refractivity contribution in [2.75, 3.05) is 39.3 Å². The summed E-state index contributed by atoms with van der Waals surface area (Å²) in [5, 5.41) is 5.86. The van der Waals surface area contributed by atoms with Gasteiger partial charge in [0.05, 0.1) is 6.54 Å². The first-order chi connectivity index (χ1) is 6.74. The first-order valence-corrected chi connectivity index (χ1v) is 5.44. The van der Waals surface area contributed by atoms with Gasteiger partial charge in [0.1, 0.15) is 0 Å². The lowest BCUT2D eigenvalue weighted by atomic mass is 10.4. The highest BCUT2D eigenvalue weighted by Gasteiger charge is 2.01. The summed E-state index contributed by atoms with van der Waals surface area (Å²) >= 11 is 0. The quantitative estimate of drug-likeness (QED) is 0.583. The van der Waals surface area contributed by atoms with Crippen LogP contribution in [0.25, 0.3) is 0 Å². The Balaban J connectivity index is 3.38. The predicted molar refractivity (Wildman–Crippen MR) is 59.3 cm³/mol. The third kappa shape index (κ3) is 6.86. The molecule has 2 N–H and O–H groups in total. The molecule has 0 aromatic rings. The number of rotatable bonds is 8. The maximum atomic E-state index is 11.2. The topological polar surface area (TPSA) is 44.4 Å². The van der Waals surface area contributed by atoms with Gasteiger partial charge in [0.2, 0.25) is 5.91 Å². The standard InChI is InChI=1S/C10H23N3O/c1-4-11-9-10(14)12-7-8-13(5-2)6-3/h11H,4-9H2,1-3H3,(H,12,14). The summed E-state index contributed by atoms with van der Waals surface area (Å²) in [6.45, 7) is 11.3. The van der Waals surface area contributed by atoms with Gasteiger partial charge >= 0.3 is 0 Å².